The molecule has 164 valence electrons. The Hall–Kier alpha value is -3.15. The summed E-state index contributed by atoms with van der Waals surface area (Å²) < 4.78 is 0. The monoisotopic (exact) mass is 427 g/mol. The van der Waals surface area contributed by atoms with Crippen LogP contribution in [0.5, 0.6) is 0 Å². The highest BCUT2D eigenvalue weighted by molar-refractivity contribution is 6.01. The number of rotatable bonds is 4. The molecule has 2 aromatic rings. The molecule has 1 N–H and O–H groups in total. The molecule has 32 heavy (non-hydrogen) atoms. The SMILES string of the molecule is CC[C@]1(c2cccc([C@H](C)c3ncccn3)c2)C2=CN=NC2NC2=C1C(=O)CC(C)(C)C2. The molecule has 0 saturated carbocycles. The Kier molecular flexibility index (Phi) is 4.84. The molecule has 1 aromatic heterocycles. The first-order chi connectivity index (χ1) is 15.4. The van der Waals surface area contributed by atoms with E-state index in [2.05, 4.69) is 77.5 Å². The van der Waals surface area contributed by atoms with Gasteiger partial charge in [0.2, 0.25) is 0 Å². The Morgan fingerprint density at radius 1 is 1.16 bits per heavy atom. The molecular weight excluding hydrogens is 398 g/mol. The predicted octanol–water partition coefficient (Wildman–Crippen LogP) is 5.20. The van der Waals surface area contributed by atoms with Crippen molar-refractivity contribution in [1.29, 1.82) is 0 Å². The van der Waals surface area contributed by atoms with Gasteiger partial charge in [-0.25, -0.2) is 9.97 Å². The van der Waals surface area contributed by atoms with E-state index in [1.54, 1.807) is 12.4 Å². The minimum atomic E-state index is -0.532. The molecule has 3 atom stereocenters. The molecule has 0 fully saturated rings. The maximum absolute atomic E-state index is 13.6. The molecule has 3 heterocycles. The summed E-state index contributed by atoms with van der Waals surface area (Å²) in [5, 5.41) is 12.3. The topological polar surface area (TPSA) is 79.6 Å². The highest BCUT2D eigenvalue weighted by atomic mass is 16.1. The van der Waals surface area contributed by atoms with Crippen LogP contribution in [0.2, 0.25) is 0 Å². The summed E-state index contributed by atoms with van der Waals surface area (Å²) in [5.74, 6) is 1.06. The van der Waals surface area contributed by atoms with Gasteiger partial charge in [0.05, 0.1) is 11.6 Å². The fourth-order valence-corrected chi connectivity index (χ4v) is 5.65. The van der Waals surface area contributed by atoms with Gasteiger partial charge < -0.3 is 5.32 Å². The van der Waals surface area contributed by atoms with Crippen molar-refractivity contribution in [3.05, 3.63) is 82.7 Å². The summed E-state index contributed by atoms with van der Waals surface area (Å²) in [7, 11) is 0. The molecule has 6 heteroatoms. The lowest BCUT2D eigenvalue weighted by molar-refractivity contribution is -0.119. The summed E-state index contributed by atoms with van der Waals surface area (Å²) in [6, 6.07) is 10.4. The van der Waals surface area contributed by atoms with E-state index < -0.39 is 5.41 Å². The minimum absolute atomic E-state index is 0.0453. The van der Waals surface area contributed by atoms with E-state index in [1.807, 2.05) is 12.3 Å². The fourth-order valence-electron chi connectivity index (χ4n) is 5.65. The summed E-state index contributed by atoms with van der Waals surface area (Å²) >= 11 is 0. The first-order valence-corrected chi connectivity index (χ1v) is 11.4. The molecule has 2 aliphatic heterocycles. The van der Waals surface area contributed by atoms with Crippen molar-refractivity contribution in [3.8, 4) is 0 Å². The molecule has 1 unspecified atom stereocenters. The normalized spacial score (nSPS) is 26.8. The van der Waals surface area contributed by atoms with E-state index in [9.17, 15) is 4.79 Å². The number of benzene rings is 1. The third-order valence-electron chi connectivity index (χ3n) is 7.16. The van der Waals surface area contributed by atoms with Gasteiger partial charge >= 0.3 is 0 Å². The molecule has 1 aromatic carbocycles. The maximum Gasteiger partial charge on any atom is 0.164 e. The summed E-state index contributed by atoms with van der Waals surface area (Å²) in [5.41, 5.74) is 4.64. The molecule has 1 aliphatic carbocycles. The summed E-state index contributed by atoms with van der Waals surface area (Å²) in [4.78, 5) is 22.5. The molecular formula is C26H29N5O. The van der Waals surface area contributed by atoms with Crippen LogP contribution in [0.1, 0.15) is 69.8 Å². The smallest absolute Gasteiger partial charge is 0.164 e. The lowest BCUT2D eigenvalue weighted by atomic mass is 9.58. The zero-order chi connectivity index (χ0) is 22.5. The second kappa shape index (κ2) is 7.47. The average molecular weight is 428 g/mol. The van der Waals surface area contributed by atoms with Crippen LogP contribution in [0.3, 0.4) is 0 Å². The zero-order valence-corrected chi connectivity index (χ0v) is 19.1. The van der Waals surface area contributed by atoms with Crippen LogP contribution in [0.15, 0.2) is 76.0 Å². The summed E-state index contributed by atoms with van der Waals surface area (Å²) in [6.07, 6.45) is 7.35. The summed E-state index contributed by atoms with van der Waals surface area (Å²) in [6.45, 7) is 8.60. The van der Waals surface area contributed by atoms with Crippen LogP contribution in [-0.4, -0.2) is 21.9 Å². The van der Waals surface area contributed by atoms with Crippen molar-refractivity contribution in [2.75, 3.05) is 0 Å². The van der Waals surface area contributed by atoms with E-state index in [1.165, 1.54) is 0 Å². The van der Waals surface area contributed by atoms with E-state index in [0.29, 0.717) is 6.42 Å². The van der Waals surface area contributed by atoms with Gasteiger partial charge in [-0.1, -0.05) is 52.0 Å². The number of nitrogens with zero attached hydrogens (tertiary/aromatic N) is 4. The first kappa shape index (κ1) is 20.7. The van der Waals surface area contributed by atoms with Crippen LogP contribution < -0.4 is 5.32 Å². The largest absolute Gasteiger partial charge is 0.362 e. The van der Waals surface area contributed by atoms with Gasteiger partial charge in [-0.15, -0.1) is 0 Å². The Morgan fingerprint density at radius 2 is 1.94 bits per heavy atom. The number of nitrogens with one attached hydrogen (secondary N) is 1. The van der Waals surface area contributed by atoms with Crippen molar-refractivity contribution < 1.29 is 4.79 Å². The quantitative estimate of drug-likeness (QED) is 0.727. The number of hydrogen-bond donors (Lipinski definition) is 1. The Labute approximate surface area is 189 Å². The second-order valence-corrected chi connectivity index (χ2v) is 9.87. The molecule has 5 rings (SSSR count). The predicted molar refractivity (Wildman–Crippen MR) is 123 cm³/mol. The number of Topliss-reactive ketones (excluding diaryl/α,β-unsaturated/α-hetero) is 1. The van der Waals surface area contributed by atoms with Crippen molar-refractivity contribution in [2.24, 2.45) is 15.6 Å². The molecule has 6 nitrogen and oxygen atoms in total. The van der Waals surface area contributed by atoms with Gasteiger partial charge in [0.15, 0.2) is 11.9 Å². The number of allylic oxidation sites excluding steroid dienone is 2. The number of aromatic nitrogens is 2. The number of fused-ring (bicyclic) bond motifs is 1. The van der Waals surface area contributed by atoms with Gasteiger partial charge in [-0.05, 0) is 35.4 Å². The Morgan fingerprint density at radius 3 is 2.69 bits per heavy atom. The van der Waals surface area contributed by atoms with Gasteiger partial charge in [-0.3, -0.25) is 4.79 Å². The third-order valence-corrected chi connectivity index (χ3v) is 7.16. The number of ketones is 1. The van der Waals surface area contributed by atoms with Crippen LogP contribution in [0, 0.1) is 5.41 Å². The van der Waals surface area contributed by atoms with E-state index in [0.717, 1.165) is 46.6 Å². The van der Waals surface area contributed by atoms with Crippen molar-refractivity contribution in [2.45, 2.75) is 64.5 Å². The Balaban J connectivity index is 1.68. The van der Waals surface area contributed by atoms with Gasteiger partial charge in [-0.2, -0.15) is 10.2 Å². The minimum Gasteiger partial charge on any atom is -0.362 e. The van der Waals surface area contributed by atoms with Crippen molar-refractivity contribution >= 4 is 5.78 Å². The van der Waals surface area contributed by atoms with Crippen LogP contribution in [0.25, 0.3) is 0 Å². The van der Waals surface area contributed by atoms with E-state index in [-0.39, 0.29) is 23.3 Å². The molecule has 0 saturated heterocycles. The maximum atomic E-state index is 13.6. The number of hydrogen-bond acceptors (Lipinski definition) is 6. The van der Waals surface area contributed by atoms with Gasteiger partial charge in [0, 0.05) is 41.6 Å². The second-order valence-electron chi connectivity index (χ2n) is 9.87. The number of carbonyl (C=O) groups is 1. The molecule has 0 spiro atoms. The third kappa shape index (κ3) is 3.12. The standard InChI is InChI=1S/C26H29N5O/c1-5-26(18-9-6-8-17(12-18)16(2)23-27-10-7-11-28-23)19-15-29-31-24(19)30-20-13-25(3,4)14-21(32)22(20)26/h6-12,15-16,24,30H,5,13-14H2,1-4H3/t16-,24?,26-/m0/s1. The highest BCUT2D eigenvalue weighted by Gasteiger charge is 2.53. The molecule has 3 aliphatic rings. The highest BCUT2D eigenvalue weighted by Crippen LogP contribution is 2.53. The molecule has 0 radical (unpaired) electrons. The molecule has 0 amide bonds. The first-order valence-electron chi connectivity index (χ1n) is 11.4. The lowest BCUT2D eigenvalue weighted by Crippen LogP contribution is -2.51. The Bertz CT molecular complexity index is 1160. The average Bonchev–Trinajstić information content (AvgIpc) is 3.25. The number of carbonyl (C=O) groups excluding carboxylic acids is 1. The van der Waals surface area contributed by atoms with E-state index >= 15 is 0 Å². The zero-order valence-electron chi connectivity index (χ0n) is 19.1. The van der Waals surface area contributed by atoms with Crippen LogP contribution >= 0.6 is 0 Å². The van der Waals surface area contributed by atoms with Crippen molar-refractivity contribution in [1.82, 2.24) is 15.3 Å². The van der Waals surface area contributed by atoms with Gasteiger partial charge in [0.1, 0.15) is 5.82 Å². The van der Waals surface area contributed by atoms with E-state index in [4.69, 9.17) is 0 Å². The molecule has 0 bridgehead atoms. The van der Waals surface area contributed by atoms with Crippen LogP contribution in [0.4, 0.5) is 0 Å². The van der Waals surface area contributed by atoms with Gasteiger partial charge in [0.25, 0.3) is 0 Å². The number of azo groups is 1. The van der Waals surface area contributed by atoms with Crippen LogP contribution in [-0.2, 0) is 10.2 Å². The lowest BCUT2D eigenvalue weighted by Gasteiger charge is -2.48. The fraction of sp³-hybridized carbons (Fsp3) is 0.423. The van der Waals surface area contributed by atoms with Crippen molar-refractivity contribution in [3.63, 3.8) is 0 Å².